The molecule has 122 heavy (non-hydrogen) atoms. The van der Waals surface area contributed by atoms with Crippen LogP contribution in [0.4, 0.5) is 79.6 Å². The van der Waals surface area contributed by atoms with Gasteiger partial charge in [0.15, 0.2) is 0 Å². The van der Waals surface area contributed by atoms with Crippen molar-refractivity contribution in [2.45, 2.75) is 252 Å². The van der Waals surface area contributed by atoms with Gasteiger partial charge in [0.05, 0.1) is 0 Å². The van der Waals surface area contributed by atoms with Crippen molar-refractivity contribution in [1.29, 1.82) is 0 Å². The van der Waals surface area contributed by atoms with E-state index < -0.39 is 16.3 Å². The van der Waals surface area contributed by atoms with Gasteiger partial charge in [-0.3, -0.25) is 67.1 Å². The lowest BCUT2D eigenvalue weighted by Gasteiger charge is -2.29. The Morgan fingerprint density at radius 2 is 0.434 bits per heavy atom. The first-order valence-electron chi connectivity index (χ1n) is 43.8. The number of nitrogens with one attached hydrogen (secondary N) is 6. The Labute approximate surface area is 727 Å². The number of unbranched alkanes of at least 4 members (excludes halogenated alkanes) is 1. The van der Waals surface area contributed by atoms with Crippen LogP contribution in [0, 0.1) is 37.9 Å². The van der Waals surface area contributed by atoms with Gasteiger partial charge in [0.25, 0.3) is 76.0 Å². The van der Waals surface area contributed by atoms with Crippen molar-refractivity contribution in [2.75, 3.05) is 219 Å². The zero-order chi connectivity index (χ0) is 94.8. The Hall–Kier alpha value is -9.24. The minimum atomic E-state index is -0.403. The maximum atomic E-state index is 11.9. The van der Waals surface area contributed by atoms with Crippen LogP contribution in [0.5, 0.6) is 0 Å². The lowest BCUT2D eigenvalue weighted by atomic mass is 9.90. The summed E-state index contributed by atoms with van der Waals surface area (Å²) >= 11 is 0. The molecule has 0 heterocycles. The van der Waals surface area contributed by atoms with E-state index >= 15 is 0 Å². The van der Waals surface area contributed by atoms with E-state index in [0.717, 1.165) is 123 Å². The van der Waals surface area contributed by atoms with Crippen LogP contribution in [0.25, 0.3) is 0 Å². The molecule has 0 saturated carbocycles. The van der Waals surface area contributed by atoms with Crippen LogP contribution >= 0.6 is 0 Å². The molecule has 0 unspecified atom stereocenters. The Kier molecular flexibility index (Phi) is 43.2. The monoisotopic (exact) mass is 1710 g/mol. The zero-order valence-electron chi connectivity index (χ0n) is 82.1. The van der Waals surface area contributed by atoms with E-state index in [4.69, 9.17) is 0 Å². The van der Waals surface area contributed by atoms with E-state index in [0.29, 0.717) is 105 Å². The Bertz CT molecular complexity index is 4930. The standard InChI is InChI=1S/C17H30N2O2.C14H24N2O2.3C13H22N2O2.2C12H20N2O2/c1-7-19(8-2)14-13(15(20)16(14)21)18(6)12-10-9-11-17(3,4)5;1-6-16(7-2)11-10(12(17)13(11)18)15-9-8-14(3,4)5;1-13(2,3)7-8-15(6)10-9(14(4)5)11(16)12(10)17;1-6-15(5)10-9(11(16)12(10)17)14-8-7-13(2,3)4;1-6-14-9-10(12(17)11(9)16)15(5)8-7-13(2,3)4;1-12(2,3)6-7-13-8-9(14(4)5)11(16)10(8)15;1-5-13-8-9(11(16)10(8)15)14-7-6-12(2,3)4/h7-12H2,1-6H3;15H,6-9H2,1-5H3;7-8H2,1-6H3;2*14H,6-8H2,1-5H3;13H,6-7H2,1-5H3;13-14H,5-7H2,1-4H3. The van der Waals surface area contributed by atoms with Crippen molar-refractivity contribution in [3.63, 3.8) is 0 Å². The van der Waals surface area contributed by atoms with Crippen LogP contribution in [0.15, 0.2) is 67.1 Å². The van der Waals surface area contributed by atoms with Crippen LogP contribution in [0.2, 0.25) is 0 Å². The number of rotatable bonds is 37. The molecule has 7 rings (SSSR count). The third kappa shape index (κ3) is 33.8. The van der Waals surface area contributed by atoms with Crippen molar-refractivity contribution in [3.05, 3.63) is 143 Å². The summed E-state index contributed by atoms with van der Waals surface area (Å²) in [5, 5.41) is 18.2. The normalized spacial score (nSPS) is 11.8. The summed E-state index contributed by atoms with van der Waals surface area (Å²) in [5.41, 5.74) is 3.85. The van der Waals surface area contributed by atoms with Gasteiger partial charge in [0.2, 0.25) is 0 Å². The molecule has 0 amide bonds. The maximum Gasteiger partial charge on any atom is 0.253 e. The lowest BCUT2D eigenvalue weighted by molar-refractivity contribution is 0.361. The molecule has 0 spiro atoms. The predicted octanol–water partition coefficient (Wildman–Crippen LogP) is 11.9. The molecule has 28 nitrogen and oxygen atoms in total. The first kappa shape index (κ1) is 111. The van der Waals surface area contributed by atoms with Gasteiger partial charge in [-0.25, -0.2) is 0 Å². The molecule has 0 aromatic heterocycles. The van der Waals surface area contributed by atoms with Crippen molar-refractivity contribution in [3.8, 4) is 0 Å². The lowest BCUT2D eigenvalue weighted by Crippen LogP contribution is -2.45. The molecule has 0 aliphatic rings. The van der Waals surface area contributed by atoms with E-state index in [1.807, 2.05) is 106 Å². The van der Waals surface area contributed by atoms with Crippen molar-refractivity contribution < 1.29 is 0 Å². The first-order chi connectivity index (χ1) is 55.8. The van der Waals surface area contributed by atoms with E-state index in [1.54, 1.807) is 38.0 Å². The molecule has 28 heteroatoms. The minimum absolute atomic E-state index is 0.222. The highest BCUT2D eigenvalue weighted by Gasteiger charge is 2.32. The summed E-state index contributed by atoms with van der Waals surface area (Å²) in [5.74, 6) is 0. The molecule has 0 aliphatic heterocycles. The van der Waals surface area contributed by atoms with Gasteiger partial charge >= 0.3 is 0 Å². The summed E-state index contributed by atoms with van der Waals surface area (Å²) in [6.07, 6.45) is 9.16. The van der Waals surface area contributed by atoms with Crippen molar-refractivity contribution in [1.82, 2.24) is 0 Å². The fourth-order valence-electron chi connectivity index (χ4n) is 12.7. The smallest absolute Gasteiger partial charge is 0.253 e. The summed E-state index contributed by atoms with van der Waals surface area (Å²) in [6.45, 7) is 69.5. The second-order valence-corrected chi connectivity index (χ2v) is 40.7. The van der Waals surface area contributed by atoms with Gasteiger partial charge in [-0.05, 0) is 138 Å². The average molecular weight is 1710 g/mol. The van der Waals surface area contributed by atoms with Gasteiger partial charge in [0, 0.05) is 148 Å². The van der Waals surface area contributed by atoms with Crippen LogP contribution in [0.3, 0.4) is 0 Å². The molecule has 7 aromatic rings. The van der Waals surface area contributed by atoms with Gasteiger partial charge in [-0.1, -0.05) is 152 Å². The second kappa shape index (κ2) is 47.6. The summed E-state index contributed by atoms with van der Waals surface area (Å²) in [7, 11) is 14.6. The highest BCUT2D eigenvalue weighted by Crippen LogP contribution is 2.31. The number of nitrogens with zero attached hydrogens (tertiary/aromatic N) is 8. The molecule has 0 aliphatic carbocycles. The Balaban J connectivity index is 0.000000713. The third-order valence-corrected chi connectivity index (χ3v) is 20.7. The predicted molar refractivity (Wildman–Crippen MR) is 524 cm³/mol. The van der Waals surface area contributed by atoms with E-state index in [-0.39, 0.29) is 92.2 Å². The fourth-order valence-corrected chi connectivity index (χ4v) is 12.7. The summed E-state index contributed by atoms with van der Waals surface area (Å²) in [4.78, 5) is 176. The molecule has 690 valence electrons. The molecule has 0 fully saturated rings. The average Bonchev–Trinajstić information content (AvgIpc) is 0.761. The molecule has 0 radical (unpaired) electrons. The number of anilines is 14. The summed E-state index contributed by atoms with van der Waals surface area (Å²) in [6, 6.07) is 0. The zero-order valence-corrected chi connectivity index (χ0v) is 82.1. The maximum absolute atomic E-state index is 11.9. The molecule has 0 bridgehead atoms. The minimum Gasteiger partial charge on any atom is -0.380 e. The molecular formula is C94H160N14O14. The van der Waals surface area contributed by atoms with Crippen molar-refractivity contribution in [2.24, 2.45) is 37.9 Å². The van der Waals surface area contributed by atoms with E-state index in [2.05, 4.69) is 177 Å². The molecule has 7 aromatic carbocycles. The van der Waals surface area contributed by atoms with Crippen LogP contribution in [-0.2, 0) is 0 Å². The van der Waals surface area contributed by atoms with Gasteiger partial charge in [-0.15, -0.1) is 0 Å². The summed E-state index contributed by atoms with van der Waals surface area (Å²) < 4.78 is 0. The highest BCUT2D eigenvalue weighted by molar-refractivity contribution is 5.79. The third-order valence-electron chi connectivity index (χ3n) is 20.7. The van der Waals surface area contributed by atoms with Crippen LogP contribution in [-0.4, -0.2) is 148 Å². The first-order valence-corrected chi connectivity index (χ1v) is 43.8. The van der Waals surface area contributed by atoms with Crippen LogP contribution < -0.4 is 147 Å². The molecule has 6 N–H and O–H groups in total. The van der Waals surface area contributed by atoms with Crippen LogP contribution in [0.1, 0.15) is 252 Å². The van der Waals surface area contributed by atoms with Gasteiger partial charge in [-0.2, -0.15) is 0 Å². The largest absolute Gasteiger partial charge is 0.380 e. The second-order valence-electron chi connectivity index (χ2n) is 40.7. The quantitative estimate of drug-likeness (QED) is 0.0156. The fraction of sp³-hybridized carbons (Fsp3) is 0.702. The highest BCUT2D eigenvalue weighted by atomic mass is 16.2. The van der Waals surface area contributed by atoms with E-state index in [9.17, 15) is 67.1 Å². The number of hydrogen-bond acceptors (Lipinski definition) is 28. The van der Waals surface area contributed by atoms with Gasteiger partial charge in [0.1, 0.15) is 79.6 Å². The SMILES string of the molecule is CCN(C)c1c(NCCC(C)(C)C)c(=O)c1=O.CCN(CC)c1c(N(C)CCCCC(C)(C)C)c(=O)c1=O.CCN(CC)c1c(NCCC(C)(C)C)c(=O)c1=O.CCNc1c(N(C)CCC(C)(C)C)c(=O)c1=O.CCNc1c(NCCC(C)(C)C)c(=O)c1=O.CN(C)c1c(N(C)CCC(C)(C)C)c(=O)c1=O.CN(C)c1c(NCCC(C)(C)C)c(=O)c1=O. The Morgan fingerprint density at radius 3 is 0.762 bits per heavy atom. The topological polar surface area (TPSA) is 337 Å². The molecule has 0 saturated heterocycles. The van der Waals surface area contributed by atoms with E-state index in [1.165, 1.54) is 6.42 Å². The Morgan fingerprint density at radius 1 is 0.205 bits per heavy atom. The molecule has 0 atom stereocenters. The van der Waals surface area contributed by atoms with Crippen molar-refractivity contribution >= 4 is 79.6 Å². The van der Waals surface area contributed by atoms with Gasteiger partial charge < -0.3 is 71.1 Å². The molecular weight excluding hydrogens is 1550 g/mol. The number of hydrogen-bond donors (Lipinski definition) is 6.